The number of hydrogen-bond donors (Lipinski definition) is 1. The Kier molecular flexibility index (Phi) is 5.56. The highest BCUT2D eigenvalue weighted by Gasteiger charge is 2.40. The Morgan fingerprint density at radius 3 is 2.83 bits per heavy atom. The number of aryl methyl sites for hydroxylation is 1. The lowest BCUT2D eigenvalue weighted by atomic mass is 9.78. The zero-order valence-corrected chi connectivity index (χ0v) is 20.4. The van der Waals surface area contributed by atoms with Gasteiger partial charge in [-0.3, -0.25) is 9.48 Å². The quantitative estimate of drug-likeness (QED) is 0.396. The predicted octanol–water partition coefficient (Wildman–Crippen LogP) is 2.50. The lowest BCUT2D eigenvalue weighted by Gasteiger charge is -2.47. The minimum Gasteiger partial charge on any atom is -0.474 e. The second kappa shape index (κ2) is 8.90. The summed E-state index contributed by atoms with van der Waals surface area (Å²) < 4.78 is 11.4. The fraction of sp³-hybridized carbons (Fsp3) is 0.400. The minimum atomic E-state index is -0.210. The van der Waals surface area contributed by atoms with Crippen LogP contribution in [-0.2, 0) is 13.6 Å². The highest BCUT2D eigenvalue weighted by atomic mass is 16.5. The van der Waals surface area contributed by atoms with Gasteiger partial charge in [-0.2, -0.15) is 15.1 Å². The van der Waals surface area contributed by atoms with E-state index >= 15 is 0 Å². The van der Waals surface area contributed by atoms with Crippen LogP contribution in [0.25, 0.3) is 16.9 Å². The molecule has 1 N–H and O–H groups in total. The summed E-state index contributed by atoms with van der Waals surface area (Å²) >= 11 is 0. The molecule has 2 saturated heterocycles. The SMILES string of the molecule is C=CCn1c(=O)c2cnc(Nc3cnn(C)c3)nc2n1-c1cccc(O[C@@H]2C[C@@H]3CC[C@H]2CN3C)n1. The molecule has 1 saturated carbocycles. The van der Waals surface area contributed by atoms with Crippen molar-refractivity contribution in [3.8, 4) is 11.7 Å². The molecule has 3 aliphatic rings. The van der Waals surface area contributed by atoms with Crippen molar-refractivity contribution in [3.05, 3.63) is 59.8 Å². The zero-order chi connectivity index (χ0) is 24.8. The van der Waals surface area contributed by atoms with Crippen molar-refractivity contribution in [2.24, 2.45) is 13.0 Å². The van der Waals surface area contributed by atoms with Crippen LogP contribution in [0.15, 0.2) is 54.2 Å². The van der Waals surface area contributed by atoms with E-state index in [1.807, 2.05) is 31.4 Å². The summed E-state index contributed by atoms with van der Waals surface area (Å²) in [7, 11) is 4.03. The van der Waals surface area contributed by atoms with Crippen LogP contribution in [0.3, 0.4) is 0 Å². The van der Waals surface area contributed by atoms with Crippen LogP contribution in [0, 0.1) is 5.92 Å². The smallest absolute Gasteiger partial charge is 0.278 e. The van der Waals surface area contributed by atoms with Crippen LogP contribution < -0.4 is 15.6 Å². The number of ether oxygens (including phenoxy) is 1. The molecule has 0 unspecified atom stereocenters. The highest BCUT2D eigenvalue weighted by molar-refractivity contribution is 5.77. The fourth-order valence-corrected chi connectivity index (χ4v) is 5.41. The lowest BCUT2D eigenvalue weighted by molar-refractivity contribution is -0.0265. The van der Waals surface area contributed by atoms with E-state index in [0.29, 0.717) is 47.2 Å². The van der Waals surface area contributed by atoms with Crippen LogP contribution in [0.4, 0.5) is 11.6 Å². The topological polar surface area (TPSA) is 108 Å². The molecular weight excluding hydrogens is 458 g/mol. The number of pyridine rings is 1. The monoisotopic (exact) mass is 487 g/mol. The Morgan fingerprint density at radius 2 is 2.11 bits per heavy atom. The number of nitrogens with one attached hydrogen (secondary N) is 1. The van der Waals surface area contributed by atoms with E-state index in [1.165, 1.54) is 19.0 Å². The van der Waals surface area contributed by atoms with Gasteiger partial charge in [0.2, 0.25) is 11.8 Å². The maximum absolute atomic E-state index is 13.2. The number of piperidine rings is 2. The number of rotatable bonds is 7. The molecule has 186 valence electrons. The van der Waals surface area contributed by atoms with Gasteiger partial charge in [-0.1, -0.05) is 12.1 Å². The average Bonchev–Trinajstić information content (AvgIpc) is 3.40. The van der Waals surface area contributed by atoms with Crippen LogP contribution in [0.1, 0.15) is 19.3 Å². The van der Waals surface area contributed by atoms with Gasteiger partial charge in [0, 0.05) is 50.4 Å². The van der Waals surface area contributed by atoms with Gasteiger partial charge in [-0.25, -0.2) is 14.3 Å². The van der Waals surface area contributed by atoms with E-state index in [-0.39, 0.29) is 11.7 Å². The normalized spacial score (nSPS) is 21.7. The molecule has 6 heterocycles. The third-order valence-electron chi connectivity index (χ3n) is 7.18. The number of aromatic nitrogens is 7. The molecule has 2 aliphatic heterocycles. The second-order valence-electron chi connectivity index (χ2n) is 9.60. The molecule has 2 bridgehead atoms. The van der Waals surface area contributed by atoms with E-state index in [1.54, 1.807) is 26.3 Å². The first-order valence-electron chi connectivity index (χ1n) is 12.2. The summed E-state index contributed by atoms with van der Waals surface area (Å²) in [6.45, 7) is 5.17. The summed E-state index contributed by atoms with van der Waals surface area (Å²) in [6.07, 6.45) is 10.3. The second-order valence-corrected chi connectivity index (χ2v) is 9.60. The fourth-order valence-electron chi connectivity index (χ4n) is 5.41. The Bertz CT molecular complexity index is 1490. The summed E-state index contributed by atoms with van der Waals surface area (Å²) in [5.74, 6) is 1.96. The first-order chi connectivity index (χ1) is 17.5. The molecule has 7 rings (SSSR count). The summed E-state index contributed by atoms with van der Waals surface area (Å²) in [6, 6.07) is 6.19. The summed E-state index contributed by atoms with van der Waals surface area (Å²) in [5.41, 5.74) is 0.988. The van der Waals surface area contributed by atoms with Crippen molar-refractivity contribution in [2.45, 2.75) is 38.0 Å². The third-order valence-corrected chi connectivity index (χ3v) is 7.18. The molecule has 0 radical (unpaired) electrons. The van der Waals surface area contributed by atoms with Gasteiger partial charge in [0.1, 0.15) is 11.5 Å². The predicted molar refractivity (Wildman–Crippen MR) is 136 cm³/mol. The third kappa shape index (κ3) is 3.95. The molecular formula is C25H29N9O2. The van der Waals surface area contributed by atoms with Crippen molar-refractivity contribution >= 4 is 22.7 Å². The number of hydrogen-bond acceptors (Lipinski definition) is 8. The van der Waals surface area contributed by atoms with Crippen molar-refractivity contribution in [3.63, 3.8) is 0 Å². The first kappa shape index (κ1) is 22.5. The van der Waals surface area contributed by atoms with Crippen LogP contribution in [-0.4, -0.2) is 64.7 Å². The van der Waals surface area contributed by atoms with Crippen LogP contribution >= 0.6 is 0 Å². The van der Waals surface area contributed by atoms with E-state index in [9.17, 15) is 4.79 Å². The molecule has 0 amide bonds. The Labute approximate surface area is 208 Å². The van der Waals surface area contributed by atoms with Gasteiger partial charge in [0.15, 0.2) is 11.5 Å². The Morgan fingerprint density at radius 1 is 1.22 bits per heavy atom. The van der Waals surface area contributed by atoms with E-state index in [0.717, 1.165) is 18.7 Å². The molecule has 4 aromatic heterocycles. The van der Waals surface area contributed by atoms with Gasteiger partial charge in [0.05, 0.1) is 18.4 Å². The molecule has 0 spiro atoms. The van der Waals surface area contributed by atoms with Gasteiger partial charge in [-0.05, 0) is 26.0 Å². The Balaban J connectivity index is 1.38. The summed E-state index contributed by atoms with van der Waals surface area (Å²) in [5, 5.41) is 7.70. The molecule has 3 atom stereocenters. The van der Waals surface area contributed by atoms with Gasteiger partial charge in [-0.15, -0.1) is 6.58 Å². The van der Waals surface area contributed by atoms with Gasteiger partial charge >= 0.3 is 0 Å². The van der Waals surface area contributed by atoms with Crippen LogP contribution in [0.2, 0.25) is 0 Å². The Hall–Kier alpha value is -3.99. The number of allylic oxidation sites excluding steroid dienone is 1. The van der Waals surface area contributed by atoms with Gasteiger partial charge < -0.3 is 15.0 Å². The number of nitrogens with zero attached hydrogens (tertiary/aromatic N) is 8. The standard InChI is InChI=1S/C25H29N9O2/c1-4-10-33-24(35)19-13-26-25(28-17-12-27-32(3)15-17)30-23(19)34(33)21-6-5-7-22(29-21)36-20-11-18-9-8-16(20)14-31(18)2/h4-7,12-13,15-16,18,20H,1,8-11,14H2,2-3H3,(H,26,28,30)/t16-,18-,20+/m0/s1. The zero-order valence-electron chi connectivity index (χ0n) is 20.4. The van der Waals surface area contributed by atoms with E-state index < -0.39 is 0 Å². The van der Waals surface area contributed by atoms with Crippen molar-refractivity contribution in [1.82, 2.24) is 39.0 Å². The molecule has 4 aromatic rings. The molecule has 11 heteroatoms. The average molecular weight is 488 g/mol. The number of fused-ring (bicyclic) bond motifs is 4. The maximum atomic E-state index is 13.2. The first-order valence-corrected chi connectivity index (χ1v) is 12.2. The van der Waals surface area contributed by atoms with Crippen molar-refractivity contribution < 1.29 is 4.74 Å². The lowest BCUT2D eigenvalue weighted by Crippen LogP contribution is -2.54. The summed E-state index contributed by atoms with van der Waals surface area (Å²) in [4.78, 5) is 29.5. The molecule has 1 aliphatic carbocycles. The molecule has 3 fully saturated rings. The largest absolute Gasteiger partial charge is 0.474 e. The maximum Gasteiger partial charge on any atom is 0.278 e. The van der Waals surface area contributed by atoms with Gasteiger partial charge in [0.25, 0.3) is 5.56 Å². The highest BCUT2D eigenvalue weighted by Crippen LogP contribution is 2.36. The van der Waals surface area contributed by atoms with Crippen molar-refractivity contribution in [2.75, 3.05) is 18.9 Å². The van der Waals surface area contributed by atoms with E-state index in [2.05, 4.69) is 38.9 Å². The van der Waals surface area contributed by atoms with E-state index in [4.69, 9.17) is 9.72 Å². The molecule has 0 aromatic carbocycles. The van der Waals surface area contributed by atoms with Crippen molar-refractivity contribution in [1.29, 1.82) is 0 Å². The number of anilines is 2. The minimum absolute atomic E-state index is 0.150. The molecule has 36 heavy (non-hydrogen) atoms. The molecule has 11 nitrogen and oxygen atoms in total. The van der Waals surface area contributed by atoms with Crippen LogP contribution in [0.5, 0.6) is 5.88 Å².